The fraction of sp³-hybridized carbons (Fsp3) is 0.462. The van der Waals surface area contributed by atoms with Gasteiger partial charge in [-0.05, 0) is 52.4 Å². The van der Waals surface area contributed by atoms with Crippen molar-refractivity contribution in [1.29, 1.82) is 0 Å². The third-order valence-corrected chi connectivity index (χ3v) is 4.25. The molecule has 2 rings (SSSR count). The van der Waals surface area contributed by atoms with Crippen molar-refractivity contribution in [3.63, 3.8) is 0 Å². The van der Waals surface area contributed by atoms with Gasteiger partial charge in [-0.2, -0.15) is 0 Å². The number of carbonyl (C=O) groups is 1. The predicted molar refractivity (Wildman–Crippen MR) is 70.8 cm³/mol. The molecule has 0 bridgehead atoms. The first-order valence-electron chi connectivity index (χ1n) is 5.98. The Kier molecular flexibility index (Phi) is 3.90. The second kappa shape index (κ2) is 5.26. The summed E-state index contributed by atoms with van der Waals surface area (Å²) in [4.78, 5) is 11.5. The molecule has 1 saturated carbocycles. The minimum absolute atomic E-state index is 0.0542. The maximum Gasteiger partial charge on any atom is 0.311 e. The first-order valence-corrected chi connectivity index (χ1v) is 6.77. The summed E-state index contributed by atoms with van der Waals surface area (Å²) in [6.07, 6.45) is 3.80. The highest BCUT2D eigenvalue weighted by atomic mass is 79.9. The first-order chi connectivity index (χ1) is 8.50. The van der Waals surface area contributed by atoms with Crippen molar-refractivity contribution < 1.29 is 14.3 Å². The van der Waals surface area contributed by atoms with Crippen LogP contribution in [0.1, 0.15) is 37.2 Å². The van der Waals surface area contributed by atoms with Gasteiger partial charge >= 0.3 is 5.97 Å². The van der Waals surface area contributed by atoms with Crippen molar-refractivity contribution in [3.8, 4) is 0 Å². The molecule has 98 valence electrons. The van der Waals surface area contributed by atoms with Gasteiger partial charge in [-0.3, -0.25) is 4.79 Å². The monoisotopic (exact) mass is 315 g/mol. The van der Waals surface area contributed by atoms with Crippen molar-refractivity contribution in [1.82, 2.24) is 0 Å². The molecule has 1 aliphatic rings. The van der Waals surface area contributed by atoms with Crippen LogP contribution in [0.15, 0.2) is 16.6 Å². The van der Waals surface area contributed by atoms with Gasteiger partial charge in [-0.15, -0.1) is 0 Å². The normalized spacial score (nSPS) is 17.9. The van der Waals surface area contributed by atoms with Crippen molar-refractivity contribution in [2.75, 3.05) is 5.73 Å². The summed E-state index contributed by atoms with van der Waals surface area (Å²) >= 11 is 3.16. The molecule has 18 heavy (non-hydrogen) atoms. The summed E-state index contributed by atoms with van der Waals surface area (Å²) < 4.78 is 13.9. The summed E-state index contributed by atoms with van der Waals surface area (Å²) in [5.74, 6) is -2.04. The number of hydrogen-bond acceptors (Lipinski definition) is 2. The maximum atomic E-state index is 13.4. The number of nitrogen functional groups attached to an aromatic ring is 1. The summed E-state index contributed by atoms with van der Waals surface area (Å²) in [7, 11) is 0. The maximum absolute atomic E-state index is 13.4. The molecule has 1 fully saturated rings. The van der Waals surface area contributed by atoms with Crippen molar-refractivity contribution in [2.45, 2.75) is 31.6 Å². The summed E-state index contributed by atoms with van der Waals surface area (Å²) in [5, 5.41) is 9.40. The lowest BCUT2D eigenvalue weighted by atomic mass is 9.84. The molecule has 0 aromatic heterocycles. The molecule has 3 nitrogen and oxygen atoms in total. The van der Waals surface area contributed by atoms with Crippen LogP contribution in [0.3, 0.4) is 0 Å². The standard InChI is InChI=1S/C13H15BrFNO2/c14-10-6-8(15)5-9(12(10)16)11(13(17)18)7-3-1-2-4-7/h5-7,11H,1-4,16H2,(H,17,18). The molecule has 3 N–H and O–H groups in total. The van der Waals surface area contributed by atoms with Gasteiger partial charge in [0, 0.05) is 4.47 Å². The zero-order valence-corrected chi connectivity index (χ0v) is 11.4. The third kappa shape index (κ3) is 2.51. The molecule has 1 aliphatic carbocycles. The van der Waals surface area contributed by atoms with Gasteiger partial charge in [0.15, 0.2) is 0 Å². The number of rotatable bonds is 3. The lowest BCUT2D eigenvalue weighted by Crippen LogP contribution is -2.21. The lowest BCUT2D eigenvalue weighted by molar-refractivity contribution is -0.140. The van der Waals surface area contributed by atoms with E-state index in [1.165, 1.54) is 12.1 Å². The largest absolute Gasteiger partial charge is 0.481 e. The molecule has 1 atom stereocenters. The zero-order chi connectivity index (χ0) is 13.3. The Hall–Kier alpha value is -1.10. The number of nitrogens with two attached hydrogens (primary N) is 1. The van der Waals surface area contributed by atoms with E-state index in [-0.39, 0.29) is 5.92 Å². The number of anilines is 1. The van der Waals surface area contributed by atoms with Crippen LogP contribution in [0.4, 0.5) is 10.1 Å². The van der Waals surface area contributed by atoms with Crippen LogP contribution in [0.5, 0.6) is 0 Å². The highest BCUT2D eigenvalue weighted by Crippen LogP contribution is 2.41. The first kappa shape index (κ1) is 13.3. The van der Waals surface area contributed by atoms with Crippen molar-refractivity contribution in [2.24, 2.45) is 5.92 Å². The molecular weight excluding hydrogens is 301 g/mol. The van der Waals surface area contributed by atoms with E-state index < -0.39 is 17.7 Å². The topological polar surface area (TPSA) is 63.3 Å². The Morgan fingerprint density at radius 1 is 1.44 bits per heavy atom. The van der Waals surface area contributed by atoms with E-state index in [1.807, 2.05) is 0 Å². The van der Waals surface area contributed by atoms with E-state index in [1.54, 1.807) is 0 Å². The molecule has 0 radical (unpaired) electrons. The number of aliphatic carboxylic acids is 1. The SMILES string of the molecule is Nc1c(Br)cc(F)cc1C(C(=O)O)C1CCCC1. The molecule has 5 heteroatoms. The molecule has 0 amide bonds. The minimum Gasteiger partial charge on any atom is -0.481 e. The summed E-state index contributed by atoms with van der Waals surface area (Å²) in [6, 6.07) is 2.50. The molecule has 1 aromatic rings. The van der Waals surface area contributed by atoms with Crippen LogP contribution >= 0.6 is 15.9 Å². The molecular formula is C13H15BrFNO2. The number of carboxylic acids is 1. The second-order valence-electron chi connectivity index (χ2n) is 4.75. The molecule has 0 spiro atoms. The Bertz CT molecular complexity index is 472. The van der Waals surface area contributed by atoms with Gasteiger partial charge < -0.3 is 10.8 Å². The Morgan fingerprint density at radius 2 is 2.06 bits per heavy atom. The number of hydrogen-bond donors (Lipinski definition) is 2. The van der Waals surface area contributed by atoms with E-state index in [9.17, 15) is 14.3 Å². The highest BCUT2D eigenvalue weighted by molar-refractivity contribution is 9.10. The molecule has 1 aromatic carbocycles. The predicted octanol–water partition coefficient (Wildman–Crippen LogP) is 3.53. The lowest BCUT2D eigenvalue weighted by Gasteiger charge is -2.21. The van der Waals surface area contributed by atoms with Gasteiger partial charge in [0.2, 0.25) is 0 Å². The molecule has 0 saturated heterocycles. The number of halogens is 2. The van der Waals surface area contributed by atoms with Crippen molar-refractivity contribution in [3.05, 3.63) is 28.0 Å². The van der Waals surface area contributed by atoms with Gasteiger partial charge in [0.25, 0.3) is 0 Å². The van der Waals surface area contributed by atoms with E-state index in [0.717, 1.165) is 25.7 Å². The Balaban J connectivity index is 2.45. The summed E-state index contributed by atoms with van der Waals surface area (Å²) in [6.45, 7) is 0. The van der Waals surface area contributed by atoms with Crippen LogP contribution < -0.4 is 5.73 Å². The third-order valence-electron chi connectivity index (χ3n) is 3.60. The van der Waals surface area contributed by atoms with Crippen molar-refractivity contribution >= 4 is 27.6 Å². The zero-order valence-electron chi connectivity index (χ0n) is 9.83. The average molecular weight is 316 g/mol. The highest BCUT2D eigenvalue weighted by Gasteiger charge is 2.33. The van der Waals surface area contributed by atoms with Gasteiger partial charge in [-0.1, -0.05) is 12.8 Å². The summed E-state index contributed by atoms with van der Waals surface area (Å²) in [5.41, 5.74) is 6.60. The smallest absolute Gasteiger partial charge is 0.311 e. The van der Waals surface area contributed by atoms with E-state index in [4.69, 9.17) is 5.73 Å². The van der Waals surface area contributed by atoms with Gasteiger partial charge in [0.05, 0.1) is 11.6 Å². The van der Waals surface area contributed by atoms with Crippen LogP contribution in [0, 0.1) is 11.7 Å². The minimum atomic E-state index is -0.925. The Labute approximate surface area is 113 Å². The molecule has 1 unspecified atom stereocenters. The van der Waals surface area contributed by atoms with Gasteiger partial charge in [0.1, 0.15) is 5.82 Å². The van der Waals surface area contributed by atoms with E-state index in [0.29, 0.717) is 15.7 Å². The van der Waals surface area contributed by atoms with Crippen LogP contribution in [0.25, 0.3) is 0 Å². The van der Waals surface area contributed by atoms with Crippen LogP contribution in [-0.4, -0.2) is 11.1 Å². The number of benzene rings is 1. The Morgan fingerprint density at radius 3 is 2.61 bits per heavy atom. The quantitative estimate of drug-likeness (QED) is 0.839. The fourth-order valence-electron chi connectivity index (χ4n) is 2.74. The number of carboxylic acid groups (broad SMARTS) is 1. The molecule has 0 aliphatic heterocycles. The van der Waals surface area contributed by atoms with Crippen LogP contribution in [-0.2, 0) is 4.79 Å². The fourth-order valence-corrected chi connectivity index (χ4v) is 3.19. The van der Waals surface area contributed by atoms with Gasteiger partial charge in [-0.25, -0.2) is 4.39 Å². The van der Waals surface area contributed by atoms with E-state index in [2.05, 4.69) is 15.9 Å². The second-order valence-corrected chi connectivity index (χ2v) is 5.61. The van der Waals surface area contributed by atoms with Crippen LogP contribution in [0.2, 0.25) is 0 Å². The van der Waals surface area contributed by atoms with E-state index >= 15 is 0 Å². The molecule has 0 heterocycles. The average Bonchev–Trinajstić information content (AvgIpc) is 2.78.